The highest BCUT2D eigenvalue weighted by molar-refractivity contribution is 5.92. The molecule has 1 saturated heterocycles. The lowest BCUT2D eigenvalue weighted by atomic mass is 9.94. The molecule has 0 spiro atoms. The maximum atomic E-state index is 13.1. The van der Waals surface area contributed by atoms with E-state index >= 15 is 0 Å². The normalized spacial score (nSPS) is 18.2. The number of nitrogens with one attached hydrogen (secondary N) is 2. The number of aromatic amines is 2. The fourth-order valence-corrected chi connectivity index (χ4v) is 3.09. The summed E-state index contributed by atoms with van der Waals surface area (Å²) in [6, 6.07) is 7.41. The van der Waals surface area contributed by atoms with Crippen LogP contribution in [0.25, 0.3) is 0 Å². The summed E-state index contributed by atoms with van der Waals surface area (Å²) < 4.78 is 13.1. The molecule has 1 amide bonds. The van der Waals surface area contributed by atoms with E-state index in [4.69, 9.17) is 0 Å². The van der Waals surface area contributed by atoms with Crippen LogP contribution in [0.1, 0.15) is 41.2 Å². The highest BCUT2D eigenvalue weighted by atomic mass is 19.1. The molecule has 2 aromatic rings. The van der Waals surface area contributed by atoms with Crippen molar-refractivity contribution in [1.82, 2.24) is 14.9 Å². The first kappa shape index (κ1) is 16.2. The number of benzene rings is 1. The largest absolute Gasteiger partial charge is 0.337 e. The van der Waals surface area contributed by atoms with Crippen molar-refractivity contribution in [3.8, 4) is 0 Å². The van der Waals surface area contributed by atoms with Gasteiger partial charge in [-0.2, -0.15) is 0 Å². The molecule has 1 unspecified atom stereocenters. The molecular weight excluding hydrogens is 313 g/mol. The standard InChI is InChI=1S/C17H18FN3O3/c18-13-6-4-11(5-7-13)12-3-1-2-8-21(10-12)16(23)14-9-15(22)20-17(24)19-14/h4-7,9,12H,1-3,8,10H2,(H2,19,20,22,24). The Morgan fingerprint density at radius 2 is 1.88 bits per heavy atom. The SMILES string of the molecule is O=C(c1cc(=O)[nH]c(=O)[nH]1)N1CCCCC(c2ccc(F)cc2)C1. The van der Waals surface area contributed by atoms with Crippen LogP contribution in [-0.2, 0) is 0 Å². The van der Waals surface area contributed by atoms with Crippen molar-refractivity contribution in [2.45, 2.75) is 25.2 Å². The summed E-state index contributed by atoms with van der Waals surface area (Å²) in [4.78, 5) is 41.5. The number of carbonyl (C=O) groups excluding carboxylic acids is 1. The van der Waals surface area contributed by atoms with Crippen molar-refractivity contribution < 1.29 is 9.18 Å². The van der Waals surface area contributed by atoms with Crippen molar-refractivity contribution in [2.24, 2.45) is 0 Å². The molecule has 0 radical (unpaired) electrons. The molecule has 6 nitrogen and oxygen atoms in total. The van der Waals surface area contributed by atoms with Crippen molar-refractivity contribution in [3.63, 3.8) is 0 Å². The van der Waals surface area contributed by atoms with E-state index in [1.165, 1.54) is 12.1 Å². The Morgan fingerprint density at radius 3 is 2.58 bits per heavy atom. The molecule has 0 bridgehead atoms. The monoisotopic (exact) mass is 331 g/mol. The minimum atomic E-state index is -0.698. The van der Waals surface area contributed by atoms with Gasteiger partial charge in [0.15, 0.2) is 0 Å². The topological polar surface area (TPSA) is 86.0 Å². The lowest BCUT2D eigenvalue weighted by Crippen LogP contribution is -2.37. The minimum Gasteiger partial charge on any atom is -0.337 e. The highest BCUT2D eigenvalue weighted by Crippen LogP contribution is 2.27. The predicted octanol–water partition coefficient (Wildman–Crippen LogP) is 1.61. The van der Waals surface area contributed by atoms with Gasteiger partial charge in [0.2, 0.25) is 0 Å². The number of hydrogen-bond acceptors (Lipinski definition) is 3. The minimum absolute atomic E-state index is 0.0106. The Kier molecular flexibility index (Phi) is 4.59. The average Bonchev–Trinajstić information content (AvgIpc) is 2.80. The van der Waals surface area contributed by atoms with Crippen molar-refractivity contribution in [1.29, 1.82) is 0 Å². The molecule has 126 valence electrons. The number of aromatic nitrogens is 2. The molecule has 3 rings (SSSR count). The van der Waals surface area contributed by atoms with E-state index in [1.807, 2.05) is 4.98 Å². The van der Waals surface area contributed by atoms with Gasteiger partial charge in [0.05, 0.1) is 0 Å². The summed E-state index contributed by atoms with van der Waals surface area (Å²) in [5.74, 6) is -0.556. The van der Waals surface area contributed by atoms with Crippen LogP contribution in [0.3, 0.4) is 0 Å². The van der Waals surface area contributed by atoms with Crippen LogP contribution in [0, 0.1) is 5.82 Å². The number of hydrogen-bond donors (Lipinski definition) is 2. The lowest BCUT2D eigenvalue weighted by Gasteiger charge is -2.24. The second-order valence-electron chi connectivity index (χ2n) is 6.00. The summed E-state index contributed by atoms with van der Waals surface area (Å²) >= 11 is 0. The van der Waals surface area contributed by atoms with Gasteiger partial charge in [-0.05, 0) is 30.5 Å². The number of rotatable bonds is 2. The third kappa shape index (κ3) is 3.61. The van der Waals surface area contributed by atoms with Crippen LogP contribution in [0.4, 0.5) is 4.39 Å². The molecule has 7 heteroatoms. The first-order chi connectivity index (χ1) is 11.5. The van der Waals surface area contributed by atoms with Gasteiger partial charge in [0, 0.05) is 25.1 Å². The molecule has 1 atom stereocenters. The predicted molar refractivity (Wildman–Crippen MR) is 86.6 cm³/mol. The molecule has 1 aliphatic heterocycles. The zero-order valence-electron chi connectivity index (χ0n) is 13.0. The van der Waals surface area contributed by atoms with Crippen molar-refractivity contribution in [3.05, 3.63) is 68.2 Å². The molecule has 1 fully saturated rings. The second-order valence-corrected chi connectivity index (χ2v) is 6.00. The Labute approximate surface area is 137 Å². The molecule has 1 aromatic carbocycles. The first-order valence-corrected chi connectivity index (χ1v) is 7.91. The van der Waals surface area contributed by atoms with Crippen molar-refractivity contribution >= 4 is 5.91 Å². The second kappa shape index (κ2) is 6.82. The Bertz CT molecular complexity index is 813. The first-order valence-electron chi connectivity index (χ1n) is 7.91. The molecule has 2 N–H and O–H groups in total. The molecule has 24 heavy (non-hydrogen) atoms. The zero-order chi connectivity index (χ0) is 17.1. The summed E-state index contributed by atoms with van der Waals surface area (Å²) in [6.07, 6.45) is 2.70. The summed E-state index contributed by atoms with van der Waals surface area (Å²) in [5, 5.41) is 0. The molecule has 2 heterocycles. The van der Waals surface area contributed by atoms with Crippen LogP contribution in [0.5, 0.6) is 0 Å². The smallest absolute Gasteiger partial charge is 0.326 e. The molecule has 1 aliphatic rings. The molecule has 0 aliphatic carbocycles. The van der Waals surface area contributed by atoms with Gasteiger partial charge in [0.1, 0.15) is 11.5 Å². The Balaban J connectivity index is 1.84. The van der Waals surface area contributed by atoms with E-state index in [9.17, 15) is 18.8 Å². The third-order valence-corrected chi connectivity index (χ3v) is 4.29. The quantitative estimate of drug-likeness (QED) is 0.877. The van der Waals surface area contributed by atoms with E-state index in [0.29, 0.717) is 13.1 Å². The van der Waals surface area contributed by atoms with Crippen LogP contribution < -0.4 is 11.2 Å². The maximum Gasteiger partial charge on any atom is 0.326 e. The van der Waals surface area contributed by atoms with Gasteiger partial charge >= 0.3 is 5.69 Å². The average molecular weight is 331 g/mol. The van der Waals surface area contributed by atoms with Gasteiger partial charge in [-0.25, -0.2) is 9.18 Å². The van der Waals surface area contributed by atoms with E-state index in [1.54, 1.807) is 17.0 Å². The van der Waals surface area contributed by atoms with E-state index < -0.39 is 11.2 Å². The Morgan fingerprint density at radius 1 is 1.12 bits per heavy atom. The van der Waals surface area contributed by atoms with Crippen molar-refractivity contribution in [2.75, 3.05) is 13.1 Å². The number of halogens is 1. The fourth-order valence-electron chi connectivity index (χ4n) is 3.09. The number of nitrogens with zero attached hydrogens (tertiary/aromatic N) is 1. The summed E-state index contributed by atoms with van der Waals surface area (Å²) in [6.45, 7) is 1.03. The maximum absolute atomic E-state index is 13.1. The zero-order valence-corrected chi connectivity index (χ0v) is 13.0. The van der Waals surface area contributed by atoms with Gasteiger partial charge < -0.3 is 9.88 Å². The van der Waals surface area contributed by atoms with Gasteiger partial charge in [-0.15, -0.1) is 0 Å². The lowest BCUT2D eigenvalue weighted by molar-refractivity contribution is 0.0748. The van der Waals surface area contributed by atoms with E-state index in [0.717, 1.165) is 30.9 Å². The third-order valence-electron chi connectivity index (χ3n) is 4.29. The van der Waals surface area contributed by atoms with E-state index in [2.05, 4.69) is 4.98 Å². The number of carbonyl (C=O) groups is 1. The van der Waals surface area contributed by atoms with Gasteiger partial charge in [0.25, 0.3) is 11.5 Å². The molecule has 1 aromatic heterocycles. The number of amides is 1. The van der Waals surface area contributed by atoms with Gasteiger partial charge in [-0.1, -0.05) is 18.6 Å². The van der Waals surface area contributed by atoms with Crippen LogP contribution in [0.2, 0.25) is 0 Å². The highest BCUT2D eigenvalue weighted by Gasteiger charge is 2.24. The van der Waals surface area contributed by atoms with Crippen LogP contribution in [-0.4, -0.2) is 33.9 Å². The van der Waals surface area contributed by atoms with Gasteiger partial charge in [-0.3, -0.25) is 14.6 Å². The van der Waals surface area contributed by atoms with Crippen LogP contribution >= 0.6 is 0 Å². The Hall–Kier alpha value is -2.70. The number of likely N-dealkylation sites (tertiary alicyclic amines) is 1. The fraction of sp³-hybridized carbons (Fsp3) is 0.353. The van der Waals surface area contributed by atoms with E-state index in [-0.39, 0.29) is 23.3 Å². The van der Waals surface area contributed by atoms with Crippen LogP contribution in [0.15, 0.2) is 39.9 Å². The molecular formula is C17H18FN3O3. The summed E-state index contributed by atoms with van der Waals surface area (Å²) in [7, 11) is 0. The molecule has 0 saturated carbocycles. The number of H-pyrrole nitrogens is 2. The summed E-state index contributed by atoms with van der Waals surface area (Å²) in [5.41, 5.74) is -0.332.